The number of anilines is 1. The first-order chi connectivity index (χ1) is 12.5. The second kappa shape index (κ2) is 7.53. The Kier molecular flexibility index (Phi) is 5.76. The van der Waals surface area contributed by atoms with E-state index in [1.54, 1.807) is 13.0 Å². The number of nitrogens with zero attached hydrogens (tertiary/aromatic N) is 1. The van der Waals surface area contributed by atoms with Gasteiger partial charge < -0.3 is 5.32 Å². The minimum Gasteiger partial charge on any atom is -0.373 e. The molecule has 0 aliphatic rings. The van der Waals surface area contributed by atoms with E-state index in [2.05, 4.69) is 10.0 Å². The van der Waals surface area contributed by atoms with Gasteiger partial charge in [0.25, 0.3) is 5.69 Å². The Bertz CT molecular complexity index is 962. The van der Waals surface area contributed by atoms with Gasteiger partial charge in [0.15, 0.2) is 0 Å². The molecule has 0 aromatic heterocycles. The first kappa shape index (κ1) is 20.6. The molecule has 2 aromatic carbocycles. The predicted molar refractivity (Wildman–Crippen MR) is 92.8 cm³/mol. The highest BCUT2D eigenvalue weighted by molar-refractivity contribution is 7.89. The maximum absolute atomic E-state index is 12.8. The summed E-state index contributed by atoms with van der Waals surface area (Å²) in [5.41, 5.74) is -1.48. The third-order valence-electron chi connectivity index (χ3n) is 3.83. The monoisotopic (exact) mass is 403 g/mol. The first-order valence-corrected chi connectivity index (χ1v) is 9.09. The molecule has 11 heteroatoms. The Morgan fingerprint density at radius 2 is 1.81 bits per heavy atom. The molecule has 2 rings (SSSR count). The highest BCUT2D eigenvalue weighted by Crippen LogP contribution is 2.36. The third-order valence-corrected chi connectivity index (χ3v) is 5.24. The Labute approximate surface area is 153 Å². The number of nitro benzene ring substituents is 1. The highest BCUT2D eigenvalue weighted by atomic mass is 32.2. The van der Waals surface area contributed by atoms with Crippen molar-refractivity contribution in [2.75, 3.05) is 12.4 Å². The fourth-order valence-electron chi connectivity index (χ4n) is 2.37. The lowest BCUT2D eigenvalue weighted by molar-refractivity contribution is -0.384. The molecule has 0 aliphatic carbocycles. The number of rotatable bonds is 6. The number of nitrogens with one attached hydrogen (secondary N) is 2. The van der Waals surface area contributed by atoms with E-state index in [1.165, 1.54) is 25.2 Å². The Morgan fingerprint density at radius 3 is 2.37 bits per heavy atom. The normalized spacial score (nSPS) is 13.2. The van der Waals surface area contributed by atoms with Crippen LogP contribution in [0.5, 0.6) is 0 Å². The summed E-state index contributed by atoms with van der Waals surface area (Å²) in [4.78, 5) is 10.2. The number of nitro groups is 1. The summed E-state index contributed by atoms with van der Waals surface area (Å²) in [5.74, 6) is 0. The SMILES string of the molecule is CNS(=O)(=O)c1cccc(C(C)Nc2ccc(C(F)(F)F)cc2[N+](=O)[O-])c1. The molecule has 0 aliphatic heterocycles. The fourth-order valence-corrected chi connectivity index (χ4v) is 3.15. The van der Waals surface area contributed by atoms with Gasteiger partial charge in [-0.05, 0) is 43.8 Å². The van der Waals surface area contributed by atoms with Crippen molar-refractivity contribution >= 4 is 21.4 Å². The van der Waals surface area contributed by atoms with Crippen LogP contribution in [0.1, 0.15) is 24.1 Å². The van der Waals surface area contributed by atoms with Crippen LogP contribution in [0.15, 0.2) is 47.4 Å². The van der Waals surface area contributed by atoms with Crippen molar-refractivity contribution in [3.8, 4) is 0 Å². The molecule has 7 nitrogen and oxygen atoms in total. The zero-order valence-corrected chi connectivity index (χ0v) is 15.1. The zero-order chi connectivity index (χ0) is 20.4. The minimum absolute atomic E-state index is 0.00179. The van der Waals surface area contributed by atoms with E-state index < -0.39 is 38.4 Å². The van der Waals surface area contributed by atoms with Gasteiger partial charge in [-0.2, -0.15) is 13.2 Å². The quantitative estimate of drug-likeness (QED) is 0.566. The van der Waals surface area contributed by atoms with E-state index in [0.29, 0.717) is 11.6 Å². The maximum atomic E-state index is 12.8. The van der Waals surface area contributed by atoms with Crippen LogP contribution in [-0.2, 0) is 16.2 Å². The number of alkyl halides is 3. The van der Waals surface area contributed by atoms with Crippen LogP contribution in [0.4, 0.5) is 24.5 Å². The lowest BCUT2D eigenvalue weighted by Crippen LogP contribution is -2.19. The average molecular weight is 403 g/mol. The van der Waals surface area contributed by atoms with Crippen LogP contribution in [0, 0.1) is 10.1 Å². The number of benzene rings is 2. The second-order valence-corrected chi connectivity index (χ2v) is 7.52. The van der Waals surface area contributed by atoms with Crippen LogP contribution < -0.4 is 10.0 Å². The maximum Gasteiger partial charge on any atom is 0.416 e. The van der Waals surface area contributed by atoms with Crippen molar-refractivity contribution in [2.24, 2.45) is 0 Å². The topological polar surface area (TPSA) is 101 Å². The molecule has 0 radical (unpaired) electrons. The van der Waals surface area contributed by atoms with Gasteiger partial charge >= 0.3 is 6.18 Å². The number of halogens is 3. The average Bonchev–Trinajstić information content (AvgIpc) is 2.61. The fraction of sp³-hybridized carbons (Fsp3) is 0.250. The molecule has 1 atom stereocenters. The molecule has 0 saturated heterocycles. The molecule has 0 saturated carbocycles. The van der Waals surface area contributed by atoms with Gasteiger partial charge in [0.1, 0.15) is 5.69 Å². The van der Waals surface area contributed by atoms with Crippen molar-refractivity contribution in [1.82, 2.24) is 4.72 Å². The van der Waals surface area contributed by atoms with E-state index in [-0.39, 0.29) is 10.6 Å². The molecular weight excluding hydrogens is 387 g/mol. The van der Waals surface area contributed by atoms with E-state index in [4.69, 9.17) is 0 Å². The summed E-state index contributed by atoms with van der Waals surface area (Å²) >= 11 is 0. The summed E-state index contributed by atoms with van der Waals surface area (Å²) in [6, 6.07) is 7.42. The largest absolute Gasteiger partial charge is 0.416 e. The smallest absolute Gasteiger partial charge is 0.373 e. The molecule has 27 heavy (non-hydrogen) atoms. The van der Waals surface area contributed by atoms with Crippen LogP contribution in [-0.4, -0.2) is 20.4 Å². The van der Waals surface area contributed by atoms with E-state index >= 15 is 0 Å². The number of sulfonamides is 1. The summed E-state index contributed by atoms with van der Waals surface area (Å²) in [7, 11) is -2.42. The predicted octanol–water partition coefficient (Wildman–Crippen LogP) is 3.69. The van der Waals surface area contributed by atoms with Crippen molar-refractivity contribution in [2.45, 2.75) is 24.0 Å². The van der Waals surface area contributed by atoms with Crippen molar-refractivity contribution in [3.63, 3.8) is 0 Å². The first-order valence-electron chi connectivity index (χ1n) is 7.61. The standard InChI is InChI=1S/C16H16F3N3O4S/c1-10(11-4-3-5-13(8-11)27(25,26)20-2)21-14-7-6-12(16(17,18)19)9-15(14)22(23)24/h3-10,20-21H,1-2H3. The summed E-state index contributed by atoms with van der Waals surface area (Å²) in [6.45, 7) is 1.60. The lowest BCUT2D eigenvalue weighted by Gasteiger charge is -2.17. The summed E-state index contributed by atoms with van der Waals surface area (Å²) in [6.07, 6.45) is -4.70. The molecule has 0 spiro atoms. The van der Waals surface area contributed by atoms with E-state index in [0.717, 1.165) is 12.1 Å². The highest BCUT2D eigenvalue weighted by Gasteiger charge is 2.33. The Morgan fingerprint density at radius 1 is 1.15 bits per heavy atom. The van der Waals surface area contributed by atoms with E-state index in [1.807, 2.05) is 0 Å². The molecule has 146 valence electrons. The molecule has 2 aromatic rings. The van der Waals surface area contributed by atoms with Crippen LogP contribution in [0.3, 0.4) is 0 Å². The third kappa shape index (κ3) is 4.74. The Hall–Kier alpha value is -2.66. The molecule has 0 amide bonds. The summed E-state index contributed by atoms with van der Waals surface area (Å²) < 4.78 is 64.3. The van der Waals surface area contributed by atoms with Crippen molar-refractivity contribution < 1.29 is 26.5 Å². The zero-order valence-electron chi connectivity index (χ0n) is 14.2. The Balaban J connectivity index is 2.37. The number of hydrogen-bond donors (Lipinski definition) is 2. The molecule has 0 bridgehead atoms. The van der Waals surface area contributed by atoms with Crippen LogP contribution in [0.25, 0.3) is 0 Å². The van der Waals surface area contributed by atoms with Gasteiger partial charge in [-0.1, -0.05) is 12.1 Å². The molecule has 2 N–H and O–H groups in total. The van der Waals surface area contributed by atoms with Crippen LogP contribution in [0.2, 0.25) is 0 Å². The van der Waals surface area contributed by atoms with Gasteiger partial charge in [0.2, 0.25) is 10.0 Å². The van der Waals surface area contributed by atoms with Crippen molar-refractivity contribution in [1.29, 1.82) is 0 Å². The van der Waals surface area contributed by atoms with Gasteiger partial charge in [0, 0.05) is 12.1 Å². The summed E-state index contributed by atoms with van der Waals surface area (Å²) in [5, 5.41) is 13.9. The molecular formula is C16H16F3N3O4S. The van der Waals surface area contributed by atoms with Gasteiger partial charge in [-0.15, -0.1) is 0 Å². The molecule has 0 fully saturated rings. The molecule has 1 unspecified atom stereocenters. The minimum atomic E-state index is -4.70. The van der Waals surface area contributed by atoms with E-state index in [9.17, 15) is 31.7 Å². The van der Waals surface area contributed by atoms with Gasteiger partial charge in [-0.25, -0.2) is 13.1 Å². The second-order valence-electron chi connectivity index (χ2n) is 5.63. The number of hydrogen-bond acceptors (Lipinski definition) is 5. The van der Waals surface area contributed by atoms with Gasteiger partial charge in [0.05, 0.1) is 15.4 Å². The van der Waals surface area contributed by atoms with Gasteiger partial charge in [-0.3, -0.25) is 10.1 Å². The van der Waals surface area contributed by atoms with Crippen LogP contribution >= 0.6 is 0 Å². The molecule has 0 heterocycles. The lowest BCUT2D eigenvalue weighted by atomic mass is 10.1. The van der Waals surface area contributed by atoms with Crippen molar-refractivity contribution in [3.05, 3.63) is 63.7 Å².